The van der Waals surface area contributed by atoms with E-state index < -0.39 is 29.0 Å². The van der Waals surface area contributed by atoms with Gasteiger partial charge < -0.3 is 74.7 Å². The number of nitriles is 1. The summed E-state index contributed by atoms with van der Waals surface area (Å²) in [6, 6.07) is 81.1. The maximum absolute atomic E-state index is 12.7. The van der Waals surface area contributed by atoms with E-state index in [1.54, 1.807) is 42.5 Å². The van der Waals surface area contributed by atoms with Crippen LogP contribution in [0.1, 0.15) is 125 Å². The molecule has 4 N–H and O–H groups in total. The first-order valence-corrected chi connectivity index (χ1v) is 44.1. The summed E-state index contributed by atoms with van der Waals surface area (Å²) >= 11 is 4.11. The van der Waals surface area contributed by atoms with Crippen LogP contribution in [-0.2, 0) is 148 Å². The number of aryl methyl sites for hydroxylation is 1. The number of non-ortho nitro benzene ring substituents is 1. The van der Waals surface area contributed by atoms with Crippen LogP contribution >= 0.6 is 34.4 Å². The SMILES string of the molecule is CC(C(O)c1ccccc1)N(C)C.CC(C(Oc1[c-]cc(C=O)cc1)c1ccccc1)N(C)C.CC(C(Oc1[c-]cc(CO)cc1)c1ccccc1)N(C)C.Cc1cc(COC(=O)Cc2ccc3nc(C4=N[C@@H](C(=O)O)CS4)sc3c2)ccc1OC(c1ccccc1)C(C)N(C)C.N#Cc1nc2ccc(CC(=O)Oc3ccc([N+](=O)[O-])cc3)cc2s1.O=C1[C-]=CC(=CO)C=C1.[2HH].[B].[H-].[Na+].[Y].[Y].[Y]. The number of aliphatic imine (C=N–C) groups is 1. The van der Waals surface area contributed by atoms with Gasteiger partial charge in [0, 0.05) is 174 Å². The van der Waals surface area contributed by atoms with Gasteiger partial charge in [0.15, 0.2) is 11.0 Å². The van der Waals surface area contributed by atoms with E-state index in [0.29, 0.717) is 49.0 Å². The normalized spacial score (nSPS) is 14.1. The number of hydrogen-bond donors (Lipinski definition) is 4. The number of rotatable bonds is 30. The number of esters is 2. The number of carboxylic acids is 1. The number of fused-ring (bicyclic) bond motifs is 2. The summed E-state index contributed by atoms with van der Waals surface area (Å²) in [6.07, 6.45) is 7.92. The number of thioether (sulfide) groups is 1. The Morgan fingerprint density at radius 1 is 0.615 bits per heavy atom. The third kappa shape index (κ3) is 37.8. The Hall–Kier alpha value is -8.80. The van der Waals surface area contributed by atoms with Crippen LogP contribution in [0.15, 0.2) is 272 Å². The average molecular weight is 2110 g/mol. The molecule has 1 aliphatic carbocycles. The van der Waals surface area contributed by atoms with Gasteiger partial charge in [0.1, 0.15) is 52.5 Å². The molecule has 0 saturated carbocycles. The van der Waals surface area contributed by atoms with Gasteiger partial charge in [-0.15, -0.1) is 82.0 Å². The molecule has 12 aromatic rings. The van der Waals surface area contributed by atoms with Crippen LogP contribution in [-0.4, -0.2) is 191 Å². The zero-order valence-electron chi connectivity index (χ0n) is 78.9. The predicted octanol–water partition coefficient (Wildman–Crippen LogP) is 15.1. The summed E-state index contributed by atoms with van der Waals surface area (Å²) in [5, 5.41) is 57.7. The van der Waals surface area contributed by atoms with Crippen molar-refractivity contribution in [3.8, 4) is 29.1 Å². The molecule has 0 fully saturated rings. The number of allylic oxidation sites excluding steroid dienone is 5. The van der Waals surface area contributed by atoms with Crippen molar-refractivity contribution < 1.29 is 204 Å². The molecule has 8 unspecified atom stereocenters. The number of aldehydes is 1. The maximum atomic E-state index is 12.7. The summed E-state index contributed by atoms with van der Waals surface area (Å²) in [5.74, 6) is 0.899. The zero-order valence-corrected chi connectivity index (χ0v) is 90.8. The molecule has 0 spiro atoms. The van der Waals surface area contributed by atoms with Crippen molar-refractivity contribution in [2.24, 2.45) is 4.99 Å². The molecule has 3 heterocycles. The zero-order chi connectivity index (χ0) is 93.9. The largest absolute Gasteiger partial charge is 1.00 e. The van der Waals surface area contributed by atoms with Gasteiger partial charge in [-0.2, -0.15) is 41.7 Å². The Kier molecular flexibility index (Phi) is 53.4. The van der Waals surface area contributed by atoms with Crippen LogP contribution in [0.3, 0.4) is 0 Å². The van der Waals surface area contributed by atoms with Crippen molar-refractivity contribution in [1.29, 1.82) is 5.26 Å². The number of nitrogens with zero attached hydrogens (tertiary/aromatic N) is 9. The number of aliphatic carboxylic acids is 1. The third-order valence-corrected chi connectivity index (χ3v) is 24.1. The molecular formula is C102H109BN9NaO16S3Y3-3. The summed E-state index contributed by atoms with van der Waals surface area (Å²) in [6.45, 7) is 10.6. The van der Waals surface area contributed by atoms with Crippen LogP contribution in [0.25, 0.3) is 20.4 Å². The third-order valence-electron chi connectivity index (χ3n) is 21.0. The fraction of sp³-hybridized carbons (Fsp3) is 0.265. The number of hydrogen-bond acceptors (Lipinski definition) is 26. The molecule has 0 amide bonds. The number of ketones is 1. The molecule has 9 atom stereocenters. The van der Waals surface area contributed by atoms with Crippen LogP contribution in [0.2, 0.25) is 0 Å². The number of nitro benzene ring substituents is 1. The van der Waals surface area contributed by atoms with Crippen LogP contribution in [0.5, 0.6) is 23.0 Å². The average Bonchev–Trinajstić information content (AvgIpc) is 1.65. The molecule has 0 saturated heterocycles. The molecule has 0 bridgehead atoms. The predicted molar refractivity (Wildman–Crippen MR) is 518 cm³/mol. The standard InChI is InChI=1S/C32H33N3O5S2.C18H22NO2.C18H20NO2.C16H9N3O4S.C11H17NO.C7H5O2.B.Na.3Y.H2.H/c1-19-14-22(11-13-26(19)40-29(20(2)35(3)4)23-8-6-5-7-9-23)17-39-28(36)16-21-10-12-24-27(15-21)42-31(33-24)30-34-25(18-41-30)32(37)38;2*1-14(19(2)3)18(16-7-5-4-6-8-16)21-17-11-9-15(13-20)10-12-17;17-9-15-18-13-6-1-10(7-14(13)24-15)8-16(20)23-12-4-2-11(3-5-12)19(21)22;1-9(12(2)3)11(13)10-7-5-4-6-8-10;8-5-6-1-3-7(9)4-2-6;;;;;;;/h5-15,20,25,29H,16-18H2,1-4H3,(H,37,38);4-11,14,18,20H,13H2,1-3H3;4-11,13-14,18H,1-3H3;1-7H,8H2;4-9,11,13H,1-3H3;1-3,5,8H;;;;;;1H;/q;2*-1;;;-1;;+1;;;;;-1/t20?,25-,29?;;;;;;;;;;;;/m1............/s1/i;;;;;;;;;;;1+1;. The number of ether oxygens (including phenoxy) is 5. The van der Waals surface area contributed by atoms with E-state index in [1.165, 1.54) is 76.9 Å². The molecule has 25 nitrogen and oxygen atoms in total. The molecule has 6 radical (unpaired) electrons. The molecule has 135 heavy (non-hydrogen) atoms. The van der Waals surface area contributed by atoms with Crippen molar-refractivity contribution in [3.63, 3.8) is 0 Å². The molecule has 692 valence electrons. The van der Waals surface area contributed by atoms with Crippen LogP contribution in [0.4, 0.5) is 5.69 Å². The minimum absolute atomic E-state index is 0. The number of carboxylic acid groups (broad SMARTS) is 1. The number of benzene rings is 10. The first kappa shape index (κ1) is 119. The number of carbonyl (C=O) groups excluding carboxylic acids is 4. The quantitative estimate of drug-likeness (QED) is 0.00475. The minimum atomic E-state index is -0.926. The van der Waals surface area contributed by atoms with Gasteiger partial charge in [-0.05, 0) is 184 Å². The molecule has 14 rings (SSSR count). The van der Waals surface area contributed by atoms with Crippen molar-refractivity contribution >= 4 is 104 Å². The Morgan fingerprint density at radius 2 is 1.09 bits per heavy atom. The fourth-order valence-corrected chi connectivity index (χ4v) is 15.5. The number of thiazole rings is 2. The smallest absolute Gasteiger partial charge is 1.00 e. The first-order valence-electron chi connectivity index (χ1n) is 41.5. The Bertz CT molecular complexity index is 5890. The molecule has 2 aromatic heterocycles. The van der Waals surface area contributed by atoms with E-state index in [1.807, 2.05) is 215 Å². The van der Waals surface area contributed by atoms with Gasteiger partial charge in [0.05, 0.1) is 56.4 Å². The van der Waals surface area contributed by atoms with Gasteiger partial charge in [0.2, 0.25) is 0 Å². The van der Waals surface area contributed by atoms with Crippen LogP contribution in [0, 0.1) is 46.6 Å². The van der Waals surface area contributed by atoms with Gasteiger partial charge >= 0.3 is 47.5 Å². The van der Waals surface area contributed by atoms with Gasteiger partial charge in [-0.1, -0.05) is 145 Å². The van der Waals surface area contributed by atoms with E-state index in [9.17, 15) is 44.3 Å². The second-order valence-corrected chi connectivity index (χ2v) is 34.2. The van der Waals surface area contributed by atoms with Crippen molar-refractivity contribution in [2.45, 2.75) is 115 Å². The number of aliphatic hydroxyl groups excluding tert-OH is 3. The number of likely N-dealkylation sites (N-methyl/N-ethyl adjacent to an activating group) is 4. The second kappa shape index (κ2) is 60.8. The first-order chi connectivity index (χ1) is 62.4. The maximum Gasteiger partial charge on any atom is 1.00 e. The van der Waals surface area contributed by atoms with Crippen LogP contribution < -0.4 is 48.5 Å². The summed E-state index contributed by atoms with van der Waals surface area (Å²) in [4.78, 5) is 88.4. The number of nitro groups is 1. The molecular weight excluding hydrogens is 2000 g/mol. The summed E-state index contributed by atoms with van der Waals surface area (Å²) < 4.78 is 31.3. The van der Waals surface area contributed by atoms with E-state index in [4.69, 9.17) is 39.2 Å². The van der Waals surface area contributed by atoms with Crippen molar-refractivity contribution in [2.75, 3.05) is 62.1 Å². The van der Waals surface area contributed by atoms with Crippen molar-refractivity contribution in [1.82, 2.24) is 29.6 Å². The monoisotopic (exact) mass is 2110 g/mol. The van der Waals surface area contributed by atoms with Gasteiger partial charge in [-0.25, -0.2) is 14.8 Å². The number of carbonyl (C=O) groups is 5. The van der Waals surface area contributed by atoms with E-state index >= 15 is 0 Å². The fourth-order valence-electron chi connectivity index (χ4n) is 12.6. The summed E-state index contributed by atoms with van der Waals surface area (Å²) in [5.41, 5.74) is 11.2. The Labute approximate surface area is 904 Å². The number of aromatic nitrogens is 2. The topological polar surface area (TPSA) is 330 Å². The molecule has 33 heteroatoms. The Morgan fingerprint density at radius 3 is 1.52 bits per heavy atom. The second-order valence-electron chi connectivity index (χ2n) is 31.2. The van der Waals surface area contributed by atoms with Gasteiger partial charge in [0.25, 0.3) is 5.69 Å². The van der Waals surface area contributed by atoms with E-state index in [0.717, 1.165) is 83.3 Å². The minimum Gasteiger partial charge on any atom is -1.00 e. The molecule has 2 aliphatic rings. The molecule has 1 aliphatic heterocycles. The van der Waals surface area contributed by atoms with Crippen molar-refractivity contribution in [3.05, 3.63) is 361 Å². The molecule has 10 aromatic carbocycles. The summed E-state index contributed by atoms with van der Waals surface area (Å²) in [7, 11) is 16.2. The van der Waals surface area contributed by atoms with E-state index in [2.05, 4.69) is 105 Å². The number of aliphatic hydroxyl groups is 3. The Balaban J connectivity index is 0.000000584. The van der Waals surface area contributed by atoms with E-state index in [-0.39, 0.29) is 231 Å². The van der Waals surface area contributed by atoms with Gasteiger partial charge in [-0.3, -0.25) is 24.7 Å².